The summed E-state index contributed by atoms with van der Waals surface area (Å²) in [6.45, 7) is 7.48. The maximum atomic E-state index is 8.18. The first-order chi connectivity index (χ1) is 7.38. The molecular formula is C10H19N5. The molecule has 5 heteroatoms. The molecule has 15 heavy (non-hydrogen) atoms. The molecule has 0 radical (unpaired) electrons. The number of hydrogen-bond acceptors (Lipinski definition) is 3. The van der Waals surface area contributed by atoms with Gasteiger partial charge in [0.15, 0.2) is 0 Å². The van der Waals surface area contributed by atoms with Gasteiger partial charge in [-0.25, -0.2) is 0 Å². The van der Waals surface area contributed by atoms with E-state index < -0.39 is 0 Å². The SMILES string of the molecule is [N-]=[N+]=NCCN1CCN(CC2CC2)CC1. The summed E-state index contributed by atoms with van der Waals surface area (Å²) >= 11 is 0. The summed E-state index contributed by atoms with van der Waals surface area (Å²) in [6.07, 6.45) is 2.88. The molecule has 0 aromatic heterocycles. The van der Waals surface area contributed by atoms with Crippen LogP contribution in [0.3, 0.4) is 0 Å². The second kappa shape index (κ2) is 5.35. The first-order valence-electron chi connectivity index (χ1n) is 5.84. The van der Waals surface area contributed by atoms with Gasteiger partial charge in [0, 0.05) is 50.7 Å². The molecule has 5 nitrogen and oxygen atoms in total. The molecule has 0 aromatic carbocycles. The fraction of sp³-hybridized carbons (Fsp3) is 1.00. The van der Waals surface area contributed by atoms with Crippen molar-refractivity contribution in [2.24, 2.45) is 11.0 Å². The van der Waals surface area contributed by atoms with Crippen molar-refractivity contribution >= 4 is 0 Å². The van der Waals surface area contributed by atoms with Gasteiger partial charge in [-0.3, -0.25) is 0 Å². The van der Waals surface area contributed by atoms with Crippen molar-refractivity contribution < 1.29 is 0 Å². The summed E-state index contributed by atoms with van der Waals surface area (Å²) in [5, 5.41) is 3.57. The monoisotopic (exact) mass is 209 g/mol. The van der Waals surface area contributed by atoms with Crippen LogP contribution in [0.5, 0.6) is 0 Å². The van der Waals surface area contributed by atoms with Gasteiger partial charge in [-0.15, -0.1) is 0 Å². The molecule has 2 aliphatic rings. The van der Waals surface area contributed by atoms with Gasteiger partial charge in [-0.1, -0.05) is 5.11 Å². The summed E-state index contributed by atoms with van der Waals surface area (Å²) in [7, 11) is 0. The number of piperazine rings is 1. The minimum absolute atomic E-state index is 0.610. The molecule has 1 aliphatic heterocycles. The summed E-state index contributed by atoms with van der Waals surface area (Å²) in [5.74, 6) is 1.000. The predicted molar refractivity (Wildman–Crippen MR) is 59.6 cm³/mol. The molecule has 1 saturated carbocycles. The molecule has 0 spiro atoms. The summed E-state index contributed by atoms with van der Waals surface area (Å²) < 4.78 is 0. The van der Waals surface area contributed by atoms with Gasteiger partial charge in [0.1, 0.15) is 0 Å². The van der Waals surface area contributed by atoms with Crippen molar-refractivity contribution in [3.05, 3.63) is 10.4 Å². The molecule has 2 rings (SSSR count). The smallest absolute Gasteiger partial charge is 0.0385 e. The van der Waals surface area contributed by atoms with Crippen LogP contribution in [-0.4, -0.2) is 55.6 Å². The Labute approximate surface area is 90.7 Å². The molecule has 0 N–H and O–H groups in total. The molecule has 0 unspecified atom stereocenters. The standard InChI is InChI=1S/C10H19N5/c11-13-12-3-4-14-5-7-15(8-6-14)9-10-1-2-10/h10H,1-9H2. The highest BCUT2D eigenvalue weighted by atomic mass is 15.3. The number of hydrogen-bond donors (Lipinski definition) is 0. The minimum Gasteiger partial charge on any atom is -0.301 e. The van der Waals surface area contributed by atoms with E-state index >= 15 is 0 Å². The Morgan fingerprint density at radius 2 is 1.80 bits per heavy atom. The van der Waals surface area contributed by atoms with Gasteiger partial charge in [0.05, 0.1) is 0 Å². The number of azide groups is 1. The van der Waals surface area contributed by atoms with E-state index in [2.05, 4.69) is 19.8 Å². The Balaban J connectivity index is 1.60. The Morgan fingerprint density at radius 3 is 2.40 bits per heavy atom. The summed E-state index contributed by atoms with van der Waals surface area (Å²) in [6, 6.07) is 0. The number of rotatable bonds is 5. The van der Waals surface area contributed by atoms with Gasteiger partial charge < -0.3 is 9.80 Å². The van der Waals surface area contributed by atoms with E-state index in [4.69, 9.17) is 5.53 Å². The first kappa shape index (κ1) is 10.7. The second-order valence-electron chi connectivity index (χ2n) is 4.54. The molecule has 1 saturated heterocycles. The van der Waals surface area contributed by atoms with Crippen molar-refractivity contribution in [3.8, 4) is 0 Å². The molecule has 0 aromatic rings. The molecule has 1 aliphatic carbocycles. The first-order valence-corrected chi connectivity index (χ1v) is 5.84. The van der Waals surface area contributed by atoms with E-state index in [1.165, 1.54) is 32.5 Å². The molecule has 1 heterocycles. The van der Waals surface area contributed by atoms with Crippen LogP contribution in [0, 0.1) is 5.92 Å². The van der Waals surface area contributed by atoms with Crippen LogP contribution in [0.4, 0.5) is 0 Å². The van der Waals surface area contributed by atoms with Gasteiger partial charge >= 0.3 is 0 Å². The summed E-state index contributed by atoms with van der Waals surface area (Å²) in [5.41, 5.74) is 8.18. The molecule has 0 bridgehead atoms. The molecule has 2 fully saturated rings. The quantitative estimate of drug-likeness (QED) is 0.389. The lowest BCUT2D eigenvalue weighted by Crippen LogP contribution is -2.47. The lowest BCUT2D eigenvalue weighted by molar-refractivity contribution is 0.131. The Morgan fingerprint density at radius 1 is 1.13 bits per heavy atom. The van der Waals surface area contributed by atoms with Crippen LogP contribution in [-0.2, 0) is 0 Å². The molecule has 84 valence electrons. The van der Waals surface area contributed by atoms with Crippen LogP contribution in [0.2, 0.25) is 0 Å². The van der Waals surface area contributed by atoms with Gasteiger partial charge in [-0.2, -0.15) is 0 Å². The van der Waals surface area contributed by atoms with Gasteiger partial charge in [-0.05, 0) is 24.3 Å². The highest BCUT2D eigenvalue weighted by Crippen LogP contribution is 2.29. The Hall–Kier alpha value is -0.770. The van der Waals surface area contributed by atoms with E-state index in [-0.39, 0.29) is 0 Å². The molecule has 0 amide bonds. The topological polar surface area (TPSA) is 55.2 Å². The summed E-state index contributed by atoms with van der Waals surface area (Å²) in [4.78, 5) is 7.73. The Kier molecular flexibility index (Phi) is 3.83. The Bertz CT molecular complexity index is 236. The average Bonchev–Trinajstić information content (AvgIpc) is 3.05. The average molecular weight is 209 g/mol. The van der Waals surface area contributed by atoms with Gasteiger partial charge in [0.25, 0.3) is 0 Å². The fourth-order valence-electron chi connectivity index (χ4n) is 2.09. The van der Waals surface area contributed by atoms with E-state index in [0.29, 0.717) is 6.54 Å². The maximum Gasteiger partial charge on any atom is 0.0385 e. The third kappa shape index (κ3) is 3.70. The van der Waals surface area contributed by atoms with Gasteiger partial charge in [0.2, 0.25) is 0 Å². The van der Waals surface area contributed by atoms with Crippen LogP contribution in [0.25, 0.3) is 10.4 Å². The highest BCUT2D eigenvalue weighted by molar-refractivity contribution is 4.80. The fourth-order valence-corrected chi connectivity index (χ4v) is 2.09. The minimum atomic E-state index is 0.610. The van der Waals surface area contributed by atoms with Crippen LogP contribution in [0.15, 0.2) is 5.11 Å². The zero-order chi connectivity index (χ0) is 10.5. The van der Waals surface area contributed by atoms with Crippen LogP contribution < -0.4 is 0 Å². The van der Waals surface area contributed by atoms with Crippen molar-refractivity contribution in [1.29, 1.82) is 0 Å². The van der Waals surface area contributed by atoms with Crippen LogP contribution in [0.1, 0.15) is 12.8 Å². The maximum absolute atomic E-state index is 8.18. The molecule has 0 atom stereocenters. The lowest BCUT2D eigenvalue weighted by atomic mass is 10.3. The zero-order valence-electron chi connectivity index (χ0n) is 9.18. The largest absolute Gasteiger partial charge is 0.301 e. The predicted octanol–water partition coefficient (Wildman–Crippen LogP) is 1.32. The zero-order valence-corrected chi connectivity index (χ0v) is 9.18. The lowest BCUT2D eigenvalue weighted by Gasteiger charge is -2.34. The highest BCUT2D eigenvalue weighted by Gasteiger charge is 2.25. The van der Waals surface area contributed by atoms with E-state index in [0.717, 1.165) is 25.6 Å². The van der Waals surface area contributed by atoms with Crippen molar-refractivity contribution in [2.45, 2.75) is 12.8 Å². The second-order valence-corrected chi connectivity index (χ2v) is 4.54. The third-order valence-corrected chi connectivity index (χ3v) is 3.26. The van der Waals surface area contributed by atoms with Crippen LogP contribution >= 0.6 is 0 Å². The van der Waals surface area contributed by atoms with E-state index in [9.17, 15) is 0 Å². The van der Waals surface area contributed by atoms with E-state index in [1.54, 1.807) is 0 Å². The van der Waals surface area contributed by atoms with Crippen molar-refractivity contribution in [1.82, 2.24) is 9.80 Å². The van der Waals surface area contributed by atoms with E-state index in [1.807, 2.05) is 0 Å². The normalized spacial score (nSPS) is 23.7. The number of nitrogens with zero attached hydrogens (tertiary/aromatic N) is 5. The van der Waals surface area contributed by atoms with Crippen molar-refractivity contribution in [3.63, 3.8) is 0 Å². The third-order valence-electron chi connectivity index (χ3n) is 3.26. The van der Waals surface area contributed by atoms with Crippen molar-refractivity contribution in [2.75, 3.05) is 45.8 Å². The molecular weight excluding hydrogens is 190 g/mol.